The fourth-order valence-corrected chi connectivity index (χ4v) is 5.96. The summed E-state index contributed by atoms with van der Waals surface area (Å²) >= 11 is 0. The highest BCUT2D eigenvalue weighted by atomic mass is 19.4. The van der Waals surface area contributed by atoms with Crippen LogP contribution in [0, 0.1) is 17.3 Å². The minimum absolute atomic E-state index is 0.0592. The highest BCUT2D eigenvalue weighted by Crippen LogP contribution is 2.42. The zero-order chi connectivity index (χ0) is 24.9. The van der Waals surface area contributed by atoms with Crippen LogP contribution in [0.25, 0.3) is 0 Å². The Kier molecular flexibility index (Phi) is 9.10. The van der Waals surface area contributed by atoms with Crippen LogP contribution in [0.4, 0.5) is 13.2 Å². The molecule has 0 saturated heterocycles. The summed E-state index contributed by atoms with van der Waals surface area (Å²) in [6, 6.07) is 5.88. The third-order valence-corrected chi connectivity index (χ3v) is 7.89. The first-order valence-electron chi connectivity index (χ1n) is 13.1. The Hall–Kier alpha value is -1.56. The second kappa shape index (κ2) is 11.5. The molecular weight excluding hydrogens is 439 g/mol. The van der Waals surface area contributed by atoms with E-state index in [0.29, 0.717) is 5.92 Å². The molecule has 192 valence electrons. The van der Waals surface area contributed by atoms with Gasteiger partial charge in [0.1, 0.15) is 0 Å². The van der Waals surface area contributed by atoms with Gasteiger partial charge in [-0.15, -0.1) is 0 Å². The molecule has 3 nitrogen and oxygen atoms in total. The van der Waals surface area contributed by atoms with Gasteiger partial charge in [-0.1, -0.05) is 52.2 Å². The molecule has 0 spiro atoms. The highest BCUT2D eigenvalue weighted by Gasteiger charge is 2.38. The third kappa shape index (κ3) is 8.00. The van der Waals surface area contributed by atoms with Crippen molar-refractivity contribution >= 4 is 5.97 Å². The number of aliphatic carboxylic acids is 1. The number of nitrogens with zero attached hydrogens (tertiary/aromatic N) is 1. The lowest BCUT2D eigenvalue weighted by Gasteiger charge is -2.45. The molecule has 2 saturated carbocycles. The van der Waals surface area contributed by atoms with Crippen LogP contribution in [0.3, 0.4) is 0 Å². The van der Waals surface area contributed by atoms with Crippen molar-refractivity contribution in [1.29, 1.82) is 0 Å². The molecule has 2 fully saturated rings. The van der Waals surface area contributed by atoms with E-state index in [-0.39, 0.29) is 29.7 Å². The molecule has 2 aliphatic carbocycles. The van der Waals surface area contributed by atoms with Crippen molar-refractivity contribution in [1.82, 2.24) is 4.90 Å². The molecule has 34 heavy (non-hydrogen) atoms. The Morgan fingerprint density at radius 1 is 0.971 bits per heavy atom. The van der Waals surface area contributed by atoms with E-state index in [1.807, 2.05) is 0 Å². The lowest BCUT2D eigenvalue weighted by atomic mass is 9.72. The molecule has 0 amide bonds. The molecule has 0 aliphatic heterocycles. The normalized spacial score (nSPS) is 25.0. The molecule has 1 N–H and O–H groups in total. The first kappa shape index (κ1) is 27.0. The molecule has 2 aliphatic rings. The van der Waals surface area contributed by atoms with Crippen LogP contribution in [0.2, 0.25) is 0 Å². The van der Waals surface area contributed by atoms with Crippen molar-refractivity contribution < 1.29 is 23.1 Å². The lowest BCUT2D eigenvalue weighted by molar-refractivity contribution is -0.139. The minimum atomic E-state index is -4.35. The van der Waals surface area contributed by atoms with Crippen LogP contribution in [-0.4, -0.2) is 35.1 Å². The summed E-state index contributed by atoms with van der Waals surface area (Å²) in [5.74, 6) is 0.0178. The van der Waals surface area contributed by atoms with Gasteiger partial charge in [-0.05, 0) is 85.9 Å². The fraction of sp³-hybridized carbons (Fsp3) is 0.750. The van der Waals surface area contributed by atoms with Crippen molar-refractivity contribution in [3.63, 3.8) is 0 Å². The maximum Gasteiger partial charge on any atom is 0.416 e. The van der Waals surface area contributed by atoms with Crippen LogP contribution >= 0.6 is 0 Å². The summed E-state index contributed by atoms with van der Waals surface area (Å²) in [5.41, 5.74) is 0.491. The quantitative estimate of drug-likeness (QED) is 0.413. The zero-order valence-electron chi connectivity index (χ0n) is 21.0. The van der Waals surface area contributed by atoms with Gasteiger partial charge in [-0.25, -0.2) is 0 Å². The summed E-state index contributed by atoms with van der Waals surface area (Å²) in [6.45, 7) is 8.78. The topological polar surface area (TPSA) is 40.5 Å². The van der Waals surface area contributed by atoms with E-state index < -0.39 is 17.7 Å². The van der Waals surface area contributed by atoms with Crippen molar-refractivity contribution in [2.45, 2.75) is 103 Å². The molecule has 3 rings (SSSR count). The molecule has 0 heterocycles. The molecule has 0 aromatic heterocycles. The Labute approximate surface area is 203 Å². The number of hydrogen-bond acceptors (Lipinski definition) is 2. The van der Waals surface area contributed by atoms with Gasteiger partial charge in [0.15, 0.2) is 0 Å². The average molecular weight is 482 g/mol. The van der Waals surface area contributed by atoms with Crippen molar-refractivity contribution in [2.24, 2.45) is 17.3 Å². The summed E-state index contributed by atoms with van der Waals surface area (Å²) in [5, 5.41) is 9.38. The Morgan fingerprint density at radius 3 is 2.18 bits per heavy atom. The van der Waals surface area contributed by atoms with Gasteiger partial charge in [0, 0.05) is 19.0 Å². The van der Waals surface area contributed by atoms with Gasteiger partial charge < -0.3 is 5.11 Å². The van der Waals surface area contributed by atoms with Gasteiger partial charge in [-0.2, -0.15) is 13.2 Å². The van der Waals surface area contributed by atoms with Gasteiger partial charge in [0.25, 0.3) is 0 Å². The predicted molar refractivity (Wildman–Crippen MR) is 130 cm³/mol. The Balaban J connectivity index is 1.87. The van der Waals surface area contributed by atoms with E-state index in [4.69, 9.17) is 0 Å². The molecule has 1 aromatic rings. The first-order valence-corrected chi connectivity index (χ1v) is 13.1. The Morgan fingerprint density at radius 2 is 1.62 bits per heavy atom. The minimum Gasteiger partial charge on any atom is -0.481 e. The number of carboxylic acids is 1. The van der Waals surface area contributed by atoms with Gasteiger partial charge in [-0.3, -0.25) is 9.69 Å². The van der Waals surface area contributed by atoms with Crippen LogP contribution in [0.1, 0.15) is 102 Å². The van der Waals surface area contributed by atoms with E-state index in [1.165, 1.54) is 44.2 Å². The van der Waals surface area contributed by atoms with E-state index in [2.05, 4.69) is 25.7 Å². The van der Waals surface area contributed by atoms with E-state index in [9.17, 15) is 23.1 Å². The molecule has 0 radical (unpaired) electrons. The maximum absolute atomic E-state index is 13.2. The van der Waals surface area contributed by atoms with Gasteiger partial charge >= 0.3 is 12.1 Å². The van der Waals surface area contributed by atoms with Crippen molar-refractivity contribution in [3.8, 4) is 0 Å². The van der Waals surface area contributed by atoms with Crippen molar-refractivity contribution in [2.75, 3.05) is 13.1 Å². The van der Waals surface area contributed by atoms with E-state index in [1.54, 1.807) is 12.1 Å². The molecule has 6 heteroatoms. The average Bonchev–Trinajstić information content (AvgIpc) is 2.76. The summed E-state index contributed by atoms with van der Waals surface area (Å²) in [4.78, 5) is 14.0. The SMILES string of the molecule is CC(C)(C)CCN(CC1CCCCC1)[C@@H]1CC[C@@H](CC(=O)O)C[C@H]1c1ccc(C(F)(F)F)cc1. The summed E-state index contributed by atoms with van der Waals surface area (Å²) in [6.07, 6.45) is 5.73. The number of alkyl halides is 3. The summed E-state index contributed by atoms with van der Waals surface area (Å²) < 4.78 is 39.5. The number of carboxylic acid groups (broad SMARTS) is 1. The number of hydrogen-bond donors (Lipinski definition) is 1. The number of benzene rings is 1. The highest BCUT2D eigenvalue weighted by molar-refractivity contribution is 5.67. The largest absolute Gasteiger partial charge is 0.481 e. The third-order valence-electron chi connectivity index (χ3n) is 7.89. The van der Waals surface area contributed by atoms with Crippen LogP contribution in [0.5, 0.6) is 0 Å². The zero-order valence-corrected chi connectivity index (χ0v) is 21.0. The number of carbonyl (C=O) groups is 1. The molecule has 1 aromatic carbocycles. The van der Waals surface area contributed by atoms with Crippen molar-refractivity contribution in [3.05, 3.63) is 35.4 Å². The molecular formula is C28H42F3NO2. The van der Waals surface area contributed by atoms with Crippen LogP contribution in [0.15, 0.2) is 24.3 Å². The van der Waals surface area contributed by atoms with Crippen LogP contribution in [-0.2, 0) is 11.0 Å². The standard InChI is InChI=1S/C28H42F3NO2/c1-27(2,3)15-16-32(19-20-7-5-4-6-8-20)25-14-9-21(18-26(33)34)17-24(25)22-10-12-23(13-11-22)28(29,30)31/h10-13,20-21,24-25H,4-9,14-19H2,1-3H3,(H,33,34)/t21-,24+,25-/m1/s1. The van der Waals surface area contributed by atoms with Gasteiger partial charge in [0.2, 0.25) is 0 Å². The smallest absolute Gasteiger partial charge is 0.416 e. The second-order valence-corrected chi connectivity index (χ2v) is 11.9. The molecule has 0 bridgehead atoms. The Bertz CT molecular complexity index is 778. The molecule has 3 atom stereocenters. The predicted octanol–water partition coefficient (Wildman–Crippen LogP) is 7.75. The fourth-order valence-electron chi connectivity index (χ4n) is 5.96. The van der Waals surface area contributed by atoms with E-state index >= 15 is 0 Å². The van der Waals surface area contributed by atoms with E-state index in [0.717, 1.165) is 44.3 Å². The number of halogens is 3. The van der Waals surface area contributed by atoms with Gasteiger partial charge in [0.05, 0.1) is 5.56 Å². The first-order chi connectivity index (χ1) is 15.9. The monoisotopic (exact) mass is 481 g/mol. The summed E-state index contributed by atoms with van der Waals surface area (Å²) in [7, 11) is 0. The maximum atomic E-state index is 13.2. The molecule has 0 unspecified atom stereocenters. The number of rotatable bonds is 8. The van der Waals surface area contributed by atoms with Crippen LogP contribution < -0.4 is 0 Å². The second-order valence-electron chi connectivity index (χ2n) is 11.9. The lowest BCUT2D eigenvalue weighted by Crippen LogP contribution is -2.46.